The van der Waals surface area contributed by atoms with E-state index in [1.807, 2.05) is 11.8 Å². The minimum atomic E-state index is 0.0738. The van der Waals surface area contributed by atoms with Crippen LogP contribution in [0.25, 0.3) is 0 Å². The molecule has 2 rings (SSSR count). The van der Waals surface area contributed by atoms with Gasteiger partial charge in [-0.25, -0.2) is 0 Å². The van der Waals surface area contributed by atoms with Crippen molar-refractivity contribution in [3.8, 4) is 0 Å². The Morgan fingerprint density at radius 3 is 2.68 bits per heavy atom. The molecule has 0 spiro atoms. The molecule has 19 heavy (non-hydrogen) atoms. The second-order valence-electron chi connectivity index (χ2n) is 6.03. The monoisotopic (exact) mass is 284 g/mol. The lowest BCUT2D eigenvalue weighted by Crippen LogP contribution is -2.44. The smallest absolute Gasteiger partial charge is 0.241 e. The van der Waals surface area contributed by atoms with Crippen LogP contribution in [0.4, 0.5) is 0 Å². The van der Waals surface area contributed by atoms with Crippen molar-refractivity contribution in [2.45, 2.75) is 69.8 Å². The average molecular weight is 284 g/mol. The highest BCUT2D eigenvalue weighted by atomic mass is 32.2. The molecule has 0 aromatic carbocycles. The number of carbonyl (C=O) groups excluding carboxylic acids is 1. The van der Waals surface area contributed by atoms with Gasteiger partial charge in [0.25, 0.3) is 0 Å². The van der Waals surface area contributed by atoms with Crippen LogP contribution in [-0.4, -0.2) is 41.1 Å². The van der Waals surface area contributed by atoms with Gasteiger partial charge in [-0.3, -0.25) is 10.1 Å². The Balaban J connectivity index is 2.06. The summed E-state index contributed by atoms with van der Waals surface area (Å²) < 4.78 is 0. The molecule has 3 nitrogen and oxygen atoms in total. The molecule has 1 saturated heterocycles. The topological polar surface area (TPSA) is 32.3 Å². The number of hydrogen-bond donors (Lipinski definition) is 1. The molecule has 0 aromatic heterocycles. The van der Waals surface area contributed by atoms with Gasteiger partial charge in [0.1, 0.15) is 0 Å². The minimum absolute atomic E-state index is 0.0738. The molecule has 1 aliphatic heterocycles. The van der Waals surface area contributed by atoms with Crippen LogP contribution in [0.1, 0.15) is 52.4 Å². The van der Waals surface area contributed by atoms with Crippen LogP contribution in [0.5, 0.6) is 0 Å². The van der Waals surface area contributed by atoms with E-state index in [0.717, 1.165) is 19.4 Å². The van der Waals surface area contributed by atoms with Gasteiger partial charge in [0.2, 0.25) is 5.91 Å². The molecular weight excluding hydrogens is 256 g/mol. The summed E-state index contributed by atoms with van der Waals surface area (Å²) in [6.07, 6.45) is 9.73. The molecule has 0 bridgehead atoms. The lowest BCUT2D eigenvalue weighted by atomic mass is 10.0. The van der Waals surface area contributed by atoms with Crippen LogP contribution in [0, 0.1) is 5.92 Å². The van der Waals surface area contributed by atoms with Gasteiger partial charge in [-0.05, 0) is 31.4 Å². The van der Waals surface area contributed by atoms with E-state index >= 15 is 0 Å². The molecule has 1 amide bonds. The van der Waals surface area contributed by atoms with Crippen molar-refractivity contribution in [3.63, 3.8) is 0 Å². The van der Waals surface area contributed by atoms with Crippen molar-refractivity contribution >= 4 is 17.7 Å². The van der Waals surface area contributed by atoms with Crippen LogP contribution < -0.4 is 5.32 Å². The molecule has 2 fully saturated rings. The molecule has 0 aromatic rings. The van der Waals surface area contributed by atoms with E-state index in [-0.39, 0.29) is 6.04 Å². The van der Waals surface area contributed by atoms with Gasteiger partial charge in [0, 0.05) is 11.8 Å². The van der Waals surface area contributed by atoms with E-state index in [1.165, 1.54) is 25.7 Å². The van der Waals surface area contributed by atoms with Gasteiger partial charge >= 0.3 is 0 Å². The van der Waals surface area contributed by atoms with Crippen molar-refractivity contribution in [2.24, 2.45) is 5.92 Å². The van der Waals surface area contributed by atoms with Gasteiger partial charge in [-0.15, -0.1) is 0 Å². The molecule has 1 saturated carbocycles. The summed E-state index contributed by atoms with van der Waals surface area (Å²) in [5, 5.41) is 4.15. The van der Waals surface area contributed by atoms with Crippen molar-refractivity contribution in [1.82, 2.24) is 10.2 Å². The highest BCUT2D eigenvalue weighted by Crippen LogP contribution is 2.33. The summed E-state index contributed by atoms with van der Waals surface area (Å²) >= 11 is 1.85. The van der Waals surface area contributed by atoms with Gasteiger partial charge < -0.3 is 4.90 Å². The van der Waals surface area contributed by atoms with Gasteiger partial charge in [-0.2, -0.15) is 11.8 Å². The number of thioether (sulfide) groups is 1. The SMILES string of the molecule is CCCC1NC(C2CCCC2)N(CC(C)SC)C1=O. The molecule has 1 N–H and O–H groups in total. The predicted molar refractivity (Wildman–Crippen MR) is 82.3 cm³/mol. The van der Waals surface area contributed by atoms with E-state index < -0.39 is 0 Å². The van der Waals surface area contributed by atoms with Crippen LogP contribution >= 0.6 is 11.8 Å². The summed E-state index contributed by atoms with van der Waals surface area (Å²) in [6.45, 7) is 5.28. The first kappa shape index (κ1) is 15.2. The number of carbonyl (C=O) groups is 1. The van der Waals surface area contributed by atoms with Gasteiger partial charge in [-0.1, -0.05) is 33.1 Å². The fraction of sp³-hybridized carbons (Fsp3) is 0.933. The third kappa shape index (κ3) is 3.46. The lowest BCUT2D eigenvalue weighted by Gasteiger charge is -2.30. The van der Waals surface area contributed by atoms with E-state index in [2.05, 4.69) is 30.3 Å². The van der Waals surface area contributed by atoms with Gasteiger partial charge in [0.15, 0.2) is 0 Å². The predicted octanol–water partition coefficient (Wildman–Crippen LogP) is 2.85. The Labute approximate surface area is 121 Å². The normalized spacial score (nSPS) is 30.3. The number of amides is 1. The Hall–Kier alpha value is -0.220. The molecule has 3 unspecified atom stereocenters. The second-order valence-corrected chi connectivity index (χ2v) is 7.31. The molecule has 1 heterocycles. The van der Waals surface area contributed by atoms with Crippen molar-refractivity contribution in [2.75, 3.05) is 12.8 Å². The summed E-state index contributed by atoms with van der Waals surface area (Å²) in [4.78, 5) is 14.7. The molecular formula is C15H28N2OS. The molecule has 110 valence electrons. The third-order valence-corrected chi connectivity index (χ3v) is 5.52. The van der Waals surface area contributed by atoms with Crippen LogP contribution in [0.3, 0.4) is 0 Å². The number of rotatable bonds is 6. The van der Waals surface area contributed by atoms with E-state index in [0.29, 0.717) is 23.2 Å². The van der Waals surface area contributed by atoms with Crippen LogP contribution in [0.15, 0.2) is 0 Å². The fourth-order valence-corrected chi connectivity index (χ4v) is 3.73. The van der Waals surface area contributed by atoms with E-state index in [1.54, 1.807) is 0 Å². The Morgan fingerprint density at radius 1 is 1.42 bits per heavy atom. The summed E-state index contributed by atoms with van der Waals surface area (Å²) in [5.74, 6) is 1.03. The standard InChI is InChI=1S/C15H28N2OS/c1-4-7-13-15(18)17(10-11(2)19-3)14(16-13)12-8-5-6-9-12/h11-14,16H,4-10H2,1-3H3. The molecule has 0 radical (unpaired) electrons. The van der Waals surface area contributed by atoms with Crippen LogP contribution in [0.2, 0.25) is 0 Å². The zero-order chi connectivity index (χ0) is 13.8. The fourth-order valence-electron chi connectivity index (χ4n) is 3.42. The maximum atomic E-state index is 12.6. The largest absolute Gasteiger partial charge is 0.324 e. The molecule has 1 aliphatic carbocycles. The first-order valence-corrected chi connectivity index (χ1v) is 9.05. The maximum Gasteiger partial charge on any atom is 0.241 e. The van der Waals surface area contributed by atoms with Crippen LogP contribution in [-0.2, 0) is 4.79 Å². The number of hydrogen-bond acceptors (Lipinski definition) is 3. The van der Waals surface area contributed by atoms with E-state index in [9.17, 15) is 4.79 Å². The first-order valence-electron chi connectivity index (χ1n) is 7.76. The molecule has 2 aliphatic rings. The van der Waals surface area contributed by atoms with Crippen molar-refractivity contribution in [3.05, 3.63) is 0 Å². The Kier molecular flexibility index (Phi) is 5.58. The van der Waals surface area contributed by atoms with Crippen molar-refractivity contribution in [1.29, 1.82) is 0 Å². The number of nitrogens with zero attached hydrogens (tertiary/aromatic N) is 1. The second kappa shape index (κ2) is 6.98. The van der Waals surface area contributed by atoms with Crippen molar-refractivity contribution < 1.29 is 4.79 Å². The third-order valence-electron chi connectivity index (χ3n) is 4.57. The maximum absolute atomic E-state index is 12.6. The summed E-state index contributed by atoms with van der Waals surface area (Å²) in [6, 6.07) is 0.0738. The quantitative estimate of drug-likeness (QED) is 0.814. The summed E-state index contributed by atoms with van der Waals surface area (Å²) in [5.41, 5.74) is 0. The van der Waals surface area contributed by atoms with Gasteiger partial charge in [0.05, 0.1) is 12.2 Å². The first-order chi connectivity index (χ1) is 9.17. The molecule has 3 atom stereocenters. The number of nitrogens with one attached hydrogen (secondary N) is 1. The van der Waals surface area contributed by atoms with E-state index in [4.69, 9.17) is 0 Å². The lowest BCUT2D eigenvalue weighted by molar-refractivity contribution is -0.130. The minimum Gasteiger partial charge on any atom is -0.324 e. The highest BCUT2D eigenvalue weighted by Gasteiger charge is 2.42. The zero-order valence-electron chi connectivity index (χ0n) is 12.5. The average Bonchev–Trinajstić information content (AvgIpc) is 3.02. The highest BCUT2D eigenvalue weighted by molar-refractivity contribution is 7.99. The Bertz CT molecular complexity index is 305. The Morgan fingerprint density at radius 2 is 2.11 bits per heavy atom. The summed E-state index contributed by atoms with van der Waals surface area (Å²) in [7, 11) is 0. The zero-order valence-corrected chi connectivity index (χ0v) is 13.3. The molecule has 4 heteroatoms.